The maximum absolute atomic E-state index is 14.5. The van der Waals surface area contributed by atoms with Gasteiger partial charge in [0.05, 0.1) is 21.5 Å². The standard InChI is InChI=1S/C34H40N6O6S2/c41-33(37-24-20-35-21-25-37)32-31(27-12-4-1-5-13-27)40(28-14-10-22-38(26-28)48(45,46)30-17-8-3-9-18-30)34(42)39(32)23-11-19-36-47(43,44)29-15-6-2-7-16-29/h1-9,12-13,15-18,28,35-36H,10-11,14,19-26H2. The Hall–Kier alpha value is -4.08. The molecule has 1 unspecified atom stereocenters. The fraction of sp³-hybridized carbons (Fsp3) is 0.353. The molecule has 0 radical (unpaired) electrons. The molecule has 0 aliphatic carbocycles. The zero-order valence-corrected chi connectivity index (χ0v) is 28.2. The van der Waals surface area contributed by atoms with Crippen molar-refractivity contribution in [2.45, 2.75) is 41.6 Å². The number of piperazine rings is 1. The highest BCUT2D eigenvalue weighted by molar-refractivity contribution is 7.89. The van der Waals surface area contributed by atoms with E-state index in [2.05, 4.69) is 10.0 Å². The largest absolute Gasteiger partial charge is 0.335 e. The first-order valence-corrected chi connectivity index (χ1v) is 19.1. The number of amides is 1. The van der Waals surface area contributed by atoms with Crippen molar-refractivity contribution >= 4 is 26.0 Å². The van der Waals surface area contributed by atoms with Crippen molar-refractivity contribution in [1.29, 1.82) is 0 Å². The summed E-state index contributed by atoms with van der Waals surface area (Å²) in [7, 11) is -7.58. The number of carbonyl (C=O) groups excluding carboxylic acids is 1. The maximum Gasteiger partial charge on any atom is 0.329 e. The van der Waals surface area contributed by atoms with Gasteiger partial charge in [0.25, 0.3) is 5.91 Å². The Kier molecular flexibility index (Phi) is 10.3. The molecule has 1 atom stereocenters. The molecule has 3 heterocycles. The second-order valence-electron chi connectivity index (χ2n) is 11.9. The van der Waals surface area contributed by atoms with Gasteiger partial charge in [-0.05, 0) is 43.5 Å². The number of nitrogens with one attached hydrogen (secondary N) is 2. The van der Waals surface area contributed by atoms with Gasteiger partial charge in [0.15, 0.2) is 0 Å². The summed E-state index contributed by atoms with van der Waals surface area (Å²) >= 11 is 0. The molecule has 1 amide bonds. The van der Waals surface area contributed by atoms with Crippen LogP contribution >= 0.6 is 0 Å². The Labute approximate surface area is 281 Å². The molecule has 254 valence electrons. The van der Waals surface area contributed by atoms with Gasteiger partial charge in [-0.15, -0.1) is 0 Å². The number of carbonyl (C=O) groups is 1. The van der Waals surface area contributed by atoms with Crippen LogP contribution in [0.5, 0.6) is 0 Å². The van der Waals surface area contributed by atoms with Gasteiger partial charge in [-0.2, -0.15) is 4.31 Å². The van der Waals surface area contributed by atoms with E-state index in [0.717, 1.165) is 0 Å². The van der Waals surface area contributed by atoms with Crippen LogP contribution in [0.2, 0.25) is 0 Å². The number of sulfonamides is 2. The minimum Gasteiger partial charge on any atom is -0.335 e. The monoisotopic (exact) mass is 692 g/mol. The van der Waals surface area contributed by atoms with E-state index in [9.17, 15) is 26.4 Å². The third-order valence-electron chi connectivity index (χ3n) is 8.84. The van der Waals surface area contributed by atoms with Crippen molar-refractivity contribution in [1.82, 2.24) is 28.4 Å². The van der Waals surface area contributed by atoms with Gasteiger partial charge < -0.3 is 10.2 Å². The SMILES string of the molecule is O=C(c1c(-c2ccccc2)n(C2CCCN(S(=O)(=O)c3ccccc3)C2)c(=O)n1CCCNS(=O)(=O)c1ccccc1)N1CCNCC1. The predicted molar refractivity (Wildman–Crippen MR) is 183 cm³/mol. The van der Waals surface area contributed by atoms with Crippen molar-refractivity contribution in [3.05, 3.63) is 107 Å². The highest BCUT2D eigenvalue weighted by Gasteiger charge is 2.36. The maximum atomic E-state index is 14.5. The van der Waals surface area contributed by atoms with Crippen molar-refractivity contribution in [3.63, 3.8) is 0 Å². The number of hydrogen-bond donors (Lipinski definition) is 2. The molecule has 48 heavy (non-hydrogen) atoms. The lowest BCUT2D eigenvalue weighted by Gasteiger charge is -2.33. The molecule has 2 fully saturated rings. The molecule has 2 N–H and O–H groups in total. The van der Waals surface area contributed by atoms with E-state index in [0.29, 0.717) is 56.8 Å². The van der Waals surface area contributed by atoms with Gasteiger partial charge in [-0.3, -0.25) is 13.9 Å². The fourth-order valence-corrected chi connectivity index (χ4v) is 9.07. The lowest BCUT2D eigenvalue weighted by molar-refractivity contribution is 0.0725. The van der Waals surface area contributed by atoms with E-state index in [4.69, 9.17) is 0 Å². The Bertz CT molecular complexity index is 1990. The van der Waals surface area contributed by atoms with Crippen molar-refractivity contribution in [2.24, 2.45) is 0 Å². The van der Waals surface area contributed by atoms with Crippen LogP contribution in [0.4, 0.5) is 0 Å². The molecule has 0 bridgehead atoms. The molecule has 3 aromatic carbocycles. The average molecular weight is 693 g/mol. The number of benzene rings is 3. The van der Waals surface area contributed by atoms with Crippen LogP contribution in [-0.2, 0) is 26.6 Å². The molecule has 12 nitrogen and oxygen atoms in total. The molecule has 6 rings (SSSR count). The lowest BCUT2D eigenvalue weighted by atomic mass is 10.0. The van der Waals surface area contributed by atoms with Gasteiger partial charge in [0.1, 0.15) is 5.69 Å². The molecule has 1 aromatic heterocycles. The first kappa shape index (κ1) is 33.8. The molecule has 0 spiro atoms. The fourth-order valence-electron chi connectivity index (χ4n) is 6.43. The average Bonchev–Trinajstić information content (AvgIpc) is 3.42. The smallest absolute Gasteiger partial charge is 0.329 e. The number of piperidine rings is 1. The third-order valence-corrected chi connectivity index (χ3v) is 12.2. The van der Waals surface area contributed by atoms with Gasteiger partial charge in [-0.1, -0.05) is 66.7 Å². The number of aromatic nitrogens is 2. The highest BCUT2D eigenvalue weighted by Crippen LogP contribution is 2.33. The molecule has 14 heteroatoms. The Morgan fingerprint density at radius 2 is 1.42 bits per heavy atom. The summed E-state index contributed by atoms with van der Waals surface area (Å²) in [6.07, 6.45) is 1.32. The Morgan fingerprint density at radius 1 is 0.812 bits per heavy atom. The normalized spacial score (nSPS) is 17.8. The van der Waals surface area contributed by atoms with Crippen LogP contribution < -0.4 is 15.7 Å². The number of hydrogen-bond acceptors (Lipinski definition) is 7. The van der Waals surface area contributed by atoms with Gasteiger partial charge in [-0.25, -0.2) is 26.4 Å². The summed E-state index contributed by atoms with van der Waals surface area (Å²) in [4.78, 5) is 31.0. The van der Waals surface area contributed by atoms with E-state index in [1.54, 1.807) is 58.0 Å². The van der Waals surface area contributed by atoms with Gasteiger partial charge >= 0.3 is 5.69 Å². The van der Waals surface area contributed by atoms with Gasteiger partial charge in [0.2, 0.25) is 20.0 Å². The summed E-state index contributed by atoms with van der Waals surface area (Å²) in [6, 6.07) is 25.0. The van der Waals surface area contributed by atoms with Crippen LogP contribution in [0.1, 0.15) is 35.8 Å². The quantitative estimate of drug-likeness (QED) is 0.230. The second-order valence-corrected chi connectivity index (χ2v) is 15.7. The third kappa shape index (κ3) is 7.03. The minimum atomic E-state index is -3.82. The lowest BCUT2D eigenvalue weighted by Crippen LogP contribution is -2.47. The van der Waals surface area contributed by atoms with Crippen LogP contribution in [0.25, 0.3) is 11.3 Å². The predicted octanol–water partition coefficient (Wildman–Crippen LogP) is 2.76. The van der Waals surface area contributed by atoms with Crippen molar-refractivity contribution < 1.29 is 21.6 Å². The van der Waals surface area contributed by atoms with E-state index >= 15 is 0 Å². The van der Waals surface area contributed by atoms with Crippen LogP contribution in [0.15, 0.2) is 106 Å². The molecule has 0 saturated carbocycles. The molecule has 2 saturated heterocycles. The highest BCUT2D eigenvalue weighted by atomic mass is 32.2. The van der Waals surface area contributed by atoms with E-state index in [-0.39, 0.29) is 47.4 Å². The van der Waals surface area contributed by atoms with Crippen LogP contribution in [0.3, 0.4) is 0 Å². The van der Waals surface area contributed by atoms with Crippen molar-refractivity contribution in [2.75, 3.05) is 45.8 Å². The summed E-state index contributed by atoms with van der Waals surface area (Å²) in [5.41, 5.74) is 0.905. The topological polar surface area (TPSA) is 143 Å². The second kappa shape index (κ2) is 14.6. The zero-order valence-electron chi connectivity index (χ0n) is 26.6. The first-order valence-electron chi connectivity index (χ1n) is 16.2. The number of rotatable bonds is 11. The number of imidazole rings is 1. The number of nitrogens with zero attached hydrogens (tertiary/aromatic N) is 4. The minimum absolute atomic E-state index is 0.0449. The van der Waals surface area contributed by atoms with Crippen LogP contribution in [0, 0.1) is 0 Å². The Balaban J connectivity index is 1.39. The molecule has 2 aliphatic rings. The Morgan fingerprint density at radius 3 is 2.06 bits per heavy atom. The molecular weight excluding hydrogens is 653 g/mol. The molecular formula is C34H40N6O6S2. The first-order chi connectivity index (χ1) is 23.2. The summed E-state index contributed by atoms with van der Waals surface area (Å²) < 4.78 is 60.1. The van der Waals surface area contributed by atoms with E-state index in [1.807, 2.05) is 30.3 Å². The summed E-state index contributed by atoms with van der Waals surface area (Å²) in [6.45, 7) is 2.68. The van der Waals surface area contributed by atoms with E-state index in [1.165, 1.54) is 21.0 Å². The van der Waals surface area contributed by atoms with Crippen molar-refractivity contribution in [3.8, 4) is 11.3 Å². The van der Waals surface area contributed by atoms with Crippen LogP contribution in [-0.4, -0.2) is 86.9 Å². The summed E-state index contributed by atoms with van der Waals surface area (Å²) in [5, 5.41) is 3.26. The zero-order chi connectivity index (χ0) is 33.7. The van der Waals surface area contributed by atoms with E-state index < -0.39 is 31.8 Å². The van der Waals surface area contributed by atoms with Gasteiger partial charge in [0, 0.05) is 57.9 Å². The molecule has 4 aromatic rings. The molecule has 2 aliphatic heterocycles. The summed E-state index contributed by atoms with van der Waals surface area (Å²) in [5.74, 6) is -0.291.